The molecular weight excluding hydrogens is 244 g/mol. The molecular formula is C14H16N2OS. The molecule has 4 heteroatoms. The van der Waals surface area contributed by atoms with Gasteiger partial charge < -0.3 is 5.73 Å². The highest BCUT2D eigenvalue weighted by molar-refractivity contribution is 7.84. The molecule has 1 aromatic heterocycles. The Bertz CT molecular complexity index is 596. The van der Waals surface area contributed by atoms with Gasteiger partial charge in [-0.15, -0.1) is 0 Å². The van der Waals surface area contributed by atoms with E-state index < -0.39 is 10.8 Å². The summed E-state index contributed by atoms with van der Waals surface area (Å²) in [5.41, 5.74) is 9.31. The molecule has 2 rings (SSSR count). The lowest BCUT2D eigenvalue weighted by Gasteiger charge is -2.08. The quantitative estimate of drug-likeness (QED) is 0.863. The number of aryl methyl sites for hydroxylation is 2. The highest BCUT2D eigenvalue weighted by Gasteiger charge is 2.10. The van der Waals surface area contributed by atoms with Gasteiger partial charge in [0.05, 0.1) is 22.2 Å². The third-order valence-electron chi connectivity index (χ3n) is 2.84. The second-order valence-electron chi connectivity index (χ2n) is 4.28. The molecule has 1 heterocycles. The Morgan fingerprint density at radius 1 is 1.22 bits per heavy atom. The van der Waals surface area contributed by atoms with Crippen LogP contribution in [0.4, 0.5) is 5.69 Å². The topological polar surface area (TPSA) is 56.0 Å². The van der Waals surface area contributed by atoms with Crippen LogP contribution in [0.3, 0.4) is 0 Å². The summed E-state index contributed by atoms with van der Waals surface area (Å²) in [6.07, 6.45) is 1.73. The molecule has 94 valence electrons. The minimum atomic E-state index is -1.11. The van der Waals surface area contributed by atoms with Gasteiger partial charge in [-0.25, -0.2) is 0 Å². The monoisotopic (exact) mass is 260 g/mol. The van der Waals surface area contributed by atoms with Crippen molar-refractivity contribution < 1.29 is 4.21 Å². The molecule has 0 aliphatic heterocycles. The van der Waals surface area contributed by atoms with E-state index >= 15 is 0 Å². The highest BCUT2D eigenvalue weighted by Crippen LogP contribution is 2.19. The van der Waals surface area contributed by atoms with Crippen LogP contribution in [0.15, 0.2) is 41.4 Å². The predicted molar refractivity (Wildman–Crippen MR) is 74.7 cm³/mol. The van der Waals surface area contributed by atoms with Crippen molar-refractivity contribution in [2.75, 3.05) is 5.73 Å². The van der Waals surface area contributed by atoms with Gasteiger partial charge in [0.15, 0.2) is 0 Å². The largest absolute Gasteiger partial charge is 0.399 e. The molecule has 1 atom stereocenters. The van der Waals surface area contributed by atoms with Crippen molar-refractivity contribution in [3.8, 4) is 0 Å². The van der Waals surface area contributed by atoms with Crippen molar-refractivity contribution in [1.29, 1.82) is 0 Å². The average molecular weight is 260 g/mol. The number of aromatic nitrogens is 1. The van der Waals surface area contributed by atoms with Gasteiger partial charge in [0, 0.05) is 16.8 Å². The predicted octanol–water partition coefficient (Wildman–Crippen LogP) is 2.59. The Hall–Kier alpha value is -1.68. The first-order valence-electron chi connectivity index (χ1n) is 5.73. The van der Waals surface area contributed by atoms with Crippen LogP contribution in [0.2, 0.25) is 0 Å². The number of hydrogen-bond acceptors (Lipinski definition) is 3. The maximum absolute atomic E-state index is 12.4. The van der Waals surface area contributed by atoms with E-state index in [4.69, 9.17) is 5.73 Å². The van der Waals surface area contributed by atoms with Crippen LogP contribution in [-0.4, -0.2) is 9.19 Å². The lowest BCUT2D eigenvalue weighted by atomic mass is 10.2. The molecule has 0 radical (unpaired) electrons. The Kier molecular flexibility index (Phi) is 3.77. The van der Waals surface area contributed by atoms with Gasteiger partial charge in [-0.2, -0.15) is 0 Å². The van der Waals surface area contributed by atoms with Gasteiger partial charge in [-0.1, -0.05) is 12.1 Å². The third kappa shape index (κ3) is 2.76. The van der Waals surface area contributed by atoms with Crippen LogP contribution in [0.1, 0.15) is 16.8 Å². The number of anilines is 1. The summed E-state index contributed by atoms with van der Waals surface area (Å²) in [7, 11) is -1.11. The van der Waals surface area contributed by atoms with E-state index in [1.54, 1.807) is 12.3 Å². The van der Waals surface area contributed by atoms with E-state index in [0.717, 1.165) is 21.7 Å². The van der Waals surface area contributed by atoms with E-state index in [9.17, 15) is 4.21 Å². The van der Waals surface area contributed by atoms with E-state index in [2.05, 4.69) is 4.98 Å². The van der Waals surface area contributed by atoms with Crippen molar-refractivity contribution >= 4 is 16.5 Å². The van der Waals surface area contributed by atoms with E-state index in [0.29, 0.717) is 11.4 Å². The zero-order valence-corrected chi connectivity index (χ0v) is 11.3. The molecule has 18 heavy (non-hydrogen) atoms. The maximum Gasteiger partial charge on any atom is 0.0708 e. The van der Waals surface area contributed by atoms with Crippen molar-refractivity contribution in [3.05, 3.63) is 53.3 Å². The molecule has 0 aliphatic rings. The zero-order chi connectivity index (χ0) is 13.1. The Morgan fingerprint density at radius 3 is 2.72 bits per heavy atom. The summed E-state index contributed by atoms with van der Waals surface area (Å²) < 4.78 is 12.4. The van der Waals surface area contributed by atoms with Crippen molar-refractivity contribution in [2.24, 2.45) is 0 Å². The van der Waals surface area contributed by atoms with Gasteiger partial charge >= 0.3 is 0 Å². The first-order chi connectivity index (χ1) is 8.58. The van der Waals surface area contributed by atoms with Gasteiger partial charge in [-0.3, -0.25) is 9.19 Å². The fraction of sp³-hybridized carbons (Fsp3) is 0.214. The number of pyridine rings is 1. The van der Waals surface area contributed by atoms with Gasteiger partial charge in [0.25, 0.3) is 0 Å². The smallest absolute Gasteiger partial charge is 0.0708 e. The standard InChI is InChI=1S/C14H16N2OS/c1-10-4-3-7-16-13(10)9-18(17)14-8-12(15)6-5-11(14)2/h3-8H,9,15H2,1-2H3. The van der Waals surface area contributed by atoms with E-state index in [1.807, 2.05) is 38.1 Å². The van der Waals surface area contributed by atoms with Crippen LogP contribution in [0.25, 0.3) is 0 Å². The van der Waals surface area contributed by atoms with Crippen LogP contribution >= 0.6 is 0 Å². The fourth-order valence-electron chi connectivity index (χ4n) is 1.73. The summed E-state index contributed by atoms with van der Waals surface area (Å²) in [6.45, 7) is 3.92. The van der Waals surface area contributed by atoms with Crippen molar-refractivity contribution in [2.45, 2.75) is 24.5 Å². The molecule has 0 saturated heterocycles. The molecule has 2 aromatic rings. The van der Waals surface area contributed by atoms with E-state index in [1.165, 1.54) is 0 Å². The van der Waals surface area contributed by atoms with Gasteiger partial charge in [0.2, 0.25) is 0 Å². The Balaban J connectivity index is 2.28. The average Bonchev–Trinajstić information content (AvgIpc) is 2.35. The number of nitrogens with zero attached hydrogens (tertiary/aromatic N) is 1. The SMILES string of the molecule is Cc1ccc(N)cc1S(=O)Cc1ncccc1C. The molecule has 2 N–H and O–H groups in total. The first kappa shape index (κ1) is 12.8. The second-order valence-corrected chi connectivity index (χ2v) is 5.70. The van der Waals surface area contributed by atoms with Gasteiger partial charge in [-0.05, 0) is 43.2 Å². The molecule has 0 amide bonds. The molecule has 0 fully saturated rings. The van der Waals surface area contributed by atoms with Crippen molar-refractivity contribution in [3.63, 3.8) is 0 Å². The lowest BCUT2D eigenvalue weighted by molar-refractivity contribution is 0.681. The van der Waals surface area contributed by atoms with Crippen LogP contribution in [0.5, 0.6) is 0 Å². The summed E-state index contributed by atoms with van der Waals surface area (Å²) in [4.78, 5) is 5.06. The Labute approximate surface area is 110 Å². The zero-order valence-electron chi connectivity index (χ0n) is 10.5. The minimum absolute atomic E-state index is 0.428. The Morgan fingerprint density at radius 2 is 2.00 bits per heavy atom. The molecule has 0 spiro atoms. The molecule has 1 unspecified atom stereocenters. The number of nitrogens with two attached hydrogens (primary N) is 1. The van der Waals surface area contributed by atoms with Gasteiger partial charge in [0.1, 0.15) is 0 Å². The number of benzene rings is 1. The number of nitrogen functional groups attached to an aromatic ring is 1. The molecule has 3 nitrogen and oxygen atoms in total. The number of hydrogen-bond donors (Lipinski definition) is 1. The molecule has 0 saturated carbocycles. The molecule has 0 bridgehead atoms. The highest BCUT2D eigenvalue weighted by atomic mass is 32.2. The summed E-state index contributed by atoms with van der Waals surface area (Å²) >= 11 is 0. The minimum Gasteiger partial charge on any atom is -0.399 e. The normalized spacial score (nSPS) is 12.3. The lowest BCUT2D eigenvalue weighted by Crippen LogP contribution is -2.03. The number of rotatable bonds is 3. The second kappa shape index (κ2) is 5.31. The summed E-state index contributed by atoms with van der Waals surface area (Å²) in [5.74, 6) is 0.428. The summed E-state index contributed by atoms with van der Waals surface area (Å²) in [5, 5.41) is 0. The van der Waals surface area contributed by atoms with Crippen LogP contribution < -0.4 is 5.73 Å². The molecule has 1 aromatic carbocycles. The van der Waals surface area contributed by atoms with Crippen LogP contribution in [-0.2, 0) is 16.6 Å². The van der Waals surface area contributed by atoms with E-state index in [-0.39, 0.29) is 0 Å². The van der Waals surface area contributed by atoms with Crippen molar-refractivity contribution in [1.82, 2.24) is 4.98 Å². The van der Waals surface area contributed by atoms with Crippen LogP contribution in [0, 0.1) is 13.8 Å². The third-order valence-corrected chi connectivity index (χ3v) is 4.31. The molecule has 0 aliphatic carbocycles. The fourth-order valence-corrected chi connectivity index (χ4v) is 3.13. The maximum atomic E-state index is 12.4. The first-order valence-corrected chi connectivity index (χ1v) is 7.05. The summed E-state index contributed by atoms with van der Waals surface area (Å²) in [6, 6.07) is 9.36.